The number of hydrogen-bond acceptors (Lipinski definition) is 9. The third-order valence-corrected chi connectivity index (χ3v) is 8.67. The number of nitrogens with zero attached hydrogens (tertiary/aromatic N) is 1. The molecule has 5 fully saturated rings. The first-order chi connectivity index (χ1) is 17.6. The van der Waals surface area contributed by atoms with Crippen LogP contribution in [0.1, 0.15) is 71.0 Å². The van der Waals surface area contributed by atoms with Crippen molar-refractivity contribution in [3.05, 3.63) is 34.9 Å². The van der Waals surface area contributed by atoms with E-state index in [0.29, 0.717) is 22.9 Å². The van der Waals surface area contributed by atoms with E-state index < -0.39 is 42.0 Å². The second-order valence-corrected chi connectivity index (χ2v) is 11.3. The summed E-state index contributed by atoms with van der Waals surface area (Å²) in [6.07, 6.45) is 0.427. The second-order valence-electron chi connectivity index (χ2n) is 10.8. The van der Waals surface area contributed by atoms with Crippen molar-refractivity contribution in [3.8, 4) is 6.07 Å². The minimum atomic E-state index is -1.09. The molecule has 6 rings (SSSR count). The molecule has 1 aromatic carbocycles. The highest BCUT2D eigenvalue weighted by Gasteiger charge is 2.69. The smallest absolute Gasteiger partial charge is 0.308 e. The first-order valence-electron chi connectivity index (χ1n) is 12.9. The molecule has 0 N–H and O–H groups in total. The Kier molecular flexibility index (Phi) is 7.24. The van der Waals surface area contributed by atoms with Crippen molar-refractivity contribution in [3.63, 3.8) is 0 Å². The van der Waals surface area contributed by atoms with E-state index in [9.17, 15) is 14.9 Å². The molecule has 1 aromatic rings. The van der Waals surface area contributed by atoms with Crippen LogP contribution < -0.4 is 0 Å². The molecule has 200 valence electrons. The minimum absolute atomic E-state index is 0.0219. The van der Waals surface area contributed by atoms with E-state index in [2.05, 4.69) is 6.92 Å². The average Bonchev–Trinajstić information content (AvgIpc) is 3.11. The maximum Gasteiger partial charge on any atom is 0.308 e. The van der Waals surface area contributed by atoms with Crippen molar-refractivity contribution in [1.82, 2.24) is 0 Å². The zero-order valence-corrected chi connectivity index (χ0v) is 21.9. The van der Waals surface area contributed by atoms with Crippen molar-refractivity contribution in [2.45, 2.75) is 89.4 Å². The predicted molar refractivity (Wildman–Crippen MR) is 128 cm³/mol. The lowest BCUT2D eigenvalue weighted by Crippen LogP contribution is -2.70. The largest absolute Gasteiger partial charge is 0.442 e. The number of fused-ring (bicyclic) bond motifs is 2. The molecule has 10 heteroatoms. The second kappa shape index (κ2) is 10.2. The lowest BCUT2D eigenvalue weighted by Gasteiger charge is -2.59. The van der Waals surface area contributed by atoms with E-state index in [1.54, 1.807) is 24.3 Å². The summed E-state index contributed by atoms with van der Waals surface area (Å²) in [5.74, 6) is -1.69. The summed E-state index contributed by atoms with van der Waals surface area (Å²) in [7, 11) is 0. The highest BCUT2D eigenvalue weighted by molar-refractivity contribution is 6.30. The average molecular weight is 534 g/mol. The number of hydrogen-bond donors (Lipinski definition) is 0. The standard InChI is InChI=1S/C27H32ClNO8/c1-15-4-9-20-16(2)24(34-25-27(20)19(15)12-13-26(3,35-25)36-37-27)33-23(31)11-10-22(30)32-21(14-29)17-5-7-18(28)8-6-17/h5-8,15-16,19-21,24-25H,4,9-13H2,1-3H3/t15-,16-,19?,20?,21?,24-,25-,26+,27-/m1/s1. The number of benzene rings is 1. The van der Waals surface area contributed by atoms with Crippen LogP contribution in [-0.4, -0.2) is 35.9 Å². The summed E-state index contributed by atoms with van der Waals surface area (Å²) in [5, 5.41) is 9.89. The first-order valence-corrected chi connectivity index (χ1v) is 13.3. The summed E-state index contributed by atoms with van der Waals surface area (Å²) < 4.78 is 23.5. The Morgan fingerprint density at radius 1 is 1.11 bits per heavy atom. The Morgan fingerprint density at radius 3 is 2.57 bits per heavy atom. The van der Waals surface area contributed by atoms with Gasteiger partial charge in [0, 0.05) is 28.8 Å². The molecule has 37 heavy (non-hydrogen) atoms. The molecule has 5 aliphatic rings. The molecule has 1 saturated carbocycles. The number of esters is 2. The molecule has 4 aliphatic heterocycles. The number of ether oxygens (including phenoxy) is 4. The van der Waals surface area contributed by atoms with Gasteiger partial charge in [-0.3, -0.25) is 9.59 Å². The number of halogens is 1. The van der Waals surface area contributed by atoms with Crippen molar-refractivity contribution < 1.29 is 38.3 Å². The molecular formula is C27H32ClNO8. The molecule has 0 amide bonds. The van der Waals surface area contributed by atoms with E-state index in [0.717, 1.165) is 19.3 Å². The Hall–Kier alpha value is -2.22. The van der Waals surface area contributed by atoms with Crippen LogP contribution in [0.3, 0.4) is 0 Å². The van der Waals surface area contributed by atoms with Crippen LogP contribution in [0.2, 0.25) is 5.02 Å². The van der Waals surface area contributed by atoms with Crippen molar-refractivity contribution in [2.24, 2.45) is 23.7 Å². The number of nitriles is 1. The molecule has 1 aliphatic carbocycles. The zero-order chi connectivity index (χ0) is 26.4. The Morgan fingerprint density at radius 2 is 1.84 bits per heavy atom. The van der Waals surface area contributed by atoms with Gasteiger partial charge in [0.25, 0.3) is 0 Å². The van der Waals surface area contributed by atoms with Crippen LogP contribution in [0.5, 0.6) is 0 Å². The molecule has 3 unspecified atom stereocenters. The SMILES string of the molecule is C[C@@H]1CCC2[C@@H](C)[C@H](OC(=O)CCC(=O)OC(C#N)c3ccc(Cl)cc3)O[C@@H]3O[C@]4(C)CCC1[C@@]23OO4. The minimum Gasteiger partial charge on any atom is -0.442 e. The topological polar surface area (TPSA) is 113 Å². The molecule has 4 heterocycles. The molecular weight excluding hydrogens is 502 g/mol. The van der Waals surface area contributed by atoms with Crippen LogP contribution in [0.25, 0.3) is 0 Å². The quantitative estimate of drug-likeness (QED) is 0.369. The maximum atomic E-state index is 12.7. The molecule has 9 nitrogen and oxygen atoms in total. The van der Waals surface area contributed by atoms with Gasteiger partial charge in [0.15, 0.2) is 11.9 Å². The van der Waals surface area contributed by atoms with Crippen LogP contribution >= 0.6 is 11.6 Å². The Bertz CT molecular complexity index is 1080. The summed E-state index contributed by atoms with van der Waals surface area (Å²) >= 11 is 5.87. The van der Waals surface area contributed by atoms with E-state index in [1.165, 1.54) is 0 Å². The van der Waals surface area contributed by atoms with E-state index in [1.807, 2.05) is 19.9 Å². The third-order valence-electron chi connectivity index (χ3n) is 8.42. The van der Waals surface area contributed by atoms with Crippen LogP contribution in [0.15, 0.2) is 24.3 Å². The highest BCUT2D eigenvalue weighted by Crippen LogP contribution is 2.60. The van der Waals surface area contributed by atoms with Gasteiger partial charge in [0.1, 0.15) is 6.07 Å². The molecule has 0 radical (unpaired) electrons. The molecule has 1 spiro atoms. The van der Waals surface area contributed by atoms with E-state index in [-0.39, 0.29) is 30.6 Å². The summed E-state index contributed by atoms with van der Waals surface area (Å²) in [5.41, 5.74) is -0.243. The lowest BCUT2D eigenvalue weighted by atomic mass is 9.58. The van der Waals surface area contributed by atoms with Gasteiger partial charge in [-0.25, -0.2) is 9.78 Å². The maximum absolute atomic E-state index is 12.7. The van der Waals surface area contributed by atoms with Gasteiger partial charge in [0.2, 0.25) is 18.2 Å². The van der Waals surface area contributed by atoms with Gasteiger partial charge in [-0.05, 0) is 50.2 Å². The molecule has 4 saturated heterocycles. The van der Waals surface area contributed by atoms with Crippen LogP contribution in [0, 0.1) is 35.0 Å². The van der Waals surface area contributed by atoms with Crippen molar-refractivity contribution in [2.75, 3.05) is 0 Å². The van der Waals surface area contributed by atoms with Crippen LogP contribution in [-0.2, 0) is 38.3 Å². The van der Waals surface area contributed by atoms with Gasteiger partial charge in [-0.1, -0.05) is 37.6 Å². The van der Waals surface area contributed by atoms with E-state index >= 15 is 0 Å². The number of rotatable bonds is 6. The Labute approximate surface area is 221 Å². The van der Waals surface area contributed by atoms with E-state index in [4.69, 9.17) is 40.3 Å². The van der Waals surface area contributed by atoms with Gasteiger partial charge < -0.3 is 18.9 Å². The fraction of sp³-hybridized carbons (Fsp3) is 0.667. The predicted octanol–water partition coefficient (Wildman–Crippen LogP) is 4.98. The van der Waals surface area contributed by atoms with Crippen molar-refractivity contribution >= 4 is 23.5 Å². The Balaban J connectivity index is 1.20. The fourth-order valence-electron chi connectivity index (χ4n) is 6.40. The summed E-state index contributed by atoms with van der Waals surface area (Å²) in [4.78, 5) is 37.0. The third kappa shape index (κ3) is 4.86. The number of carbonyl (C=O) groups excluding carboxylic acids is 2. The van der Waals surface area contributed by atoms with Gasteiger partial charge in [-0.2, -0.15) is 5.26 Å². The normalized spacial score (nSPS) is 39.0. The fourth-order valence-corrected chi connectivity index (χ4v) is 6.52. The van der Waals surface area contributed by atoms with Crippen molar-refractivity contribution in [1.29, 1.82) is 5.26 Å². The molecule has 9 atom stereocenters. The van der Waals surface area contributed by atoms with Crippen LogP contribution in [0.4, 0.5) is 0 Å². The lowest BCUT2D eigenvalue weighted by molar-refractivity contribution is -0.576. The highest BCUT2D eigenvalue weighted by atomic mass is 35.5. The monoisotopic (exact) mass is 533 g/mol. The summed E-state index contributed by atoms with van der Waals surface area (Å²) in [6.45, 7) is 6.06. The van der Waals surface area contributed by atoms with Gasteiger partial charge >= 0.3 is 11.9 Å². The zero-order valence-electron chi connectivity index (χ0n) is 21.2. The molecule has 0 aromatic heterocycles. The summed E-state index contributed by atoms with van der Waals surface area (Å²) in [6, 6.07) is 8.38. The molecule has 2 bridgehead atoms. The van der Waals surface area contributed by atoms with Gasteiger partial charge in [0.05, 0.1) is 12.8 Å². The number of carbonyl (C=O) groups is 2. The van der Waals surface area contributed by atoms with Gasteiger partial charge in [-0.15, -0.1) is 0 Å². The first kappa shape index (κ1) is 26.4.